The Hall–Kier alpha value is -2.57. The summed E-state index contributed by atoms with van der Waals surface area (Å²) < 4.78 is 56.1. The maximum Gasteiger partial charge on any atom is 0.243 e. The van der Waals surface area contributed by atoms with Gasteiger partial charge in [0, 0.05) is 30.7 Å². The normalized spacial score (nSPS) is 14.8. The van der Waals surface area contributed by atoms with Crippen molar-refractivity contribution in [2.24, 2.45) is 0 Å². The third-order valence-electron chi connectivity index (χ3n) is 6.62. The molecule has 4 rings (SSSR count). The molecule has 39 heavy (non-hydrogen) atoms. The van der Waals surface area contributed by atoms with Crippen LogP contribution in [0.15, 0.2) is 87.1 Å². The molecule has 208 valence electrons. The molecule has 3 aromatic carbocycles. The van der Waals surface area contributed by atoms with Gasteiger partial charge >= 0.3 is 0 Å². The second-order valence-electron chi connectivity index (χ2n) is 9.60. The molecule has 1 heterocycles. The van der Waals surface area contributed by atoms with Crippen LogP contribution in [0.25, 0.3) is 0 Å². The lowest BCUT2D eigenvalue weighted by atomic mass is 10.1. The standard InChI is InChI=1S/C28H32BrN3O5S2/c1-22-5-7-24(8-6-22)20-32(39(36,37)27-15-11-25(29)12-16-27)21-28(33)30-19-23-9-13-26(14-10-23)38(34,35)31-17-3-2-4-18-31/h5-16H,2-4,17-21H2,1H3,(H,30,33). The molecular formula is C28H32BrN3O5S2. The molecule has 1 saturated heterocycles. The van der Waals surface area contributed by atoms with E-state index in [4.69, 9.17) is 0 Å². The molecule has 1 aliphatic heterocycles. The Balaban J connectivity index is 1.44. The van der Waals surface area contributed by atoms with Crippen molar-refractivity contribution >= 4 is 41.9 Å². The van der Waals surface area contributed by atoms with E-state index in [0.29, 0.717) is 18.7 Å². The quantitative estimate of drug-likeness (QED) is 0.355. The van der Waals surface area contributed by atoms with Gasteiger partial charge in [-0.2, -0.15) is 8.61 Å². The number of halogens is 1. The summed E-state index contributed by atoms with van der Waals surface area (Å²) in [7, 11) is -7.49. The number of aryl methyl sites for hydroxylation is 1. The van der Waals surface area contributed by atoms with Crippen LogP contribution in [-0.2, 0) is 37.9 Å². The van der Waals surface area contributed by atoms with Gasteiger partial charge in [0.25, 0.3) is 0 Å². The number of hydrogen-bond acceptors (Lipinski definition) is 5. The minimum absolute atomic E-state index is 0.0369. The van der Waals surface area contributed by atoms with Crippen LogP contribution in [0.5, 0.6) is 0 Å². The fourth-order valence-electron chi connectivity index (χ4n) is 4.33. The number of carbonyl (C=O) groups excluding carboxylic acids is 1. The van der Waals surface area contributed by atoms with Crippen LogP contribution < -0.4 is 5.32 Å². The SMILES string of the molecule is Cc1ccc(CN(CC(=O)NCc2ccc(S(=O)(=O)N3CCCCC3)cc2)S(=O)(=O)c2ccc(Br)cc2)cc1. The Labute approximate surface area is 239 Å². The van der Waals surface area contributed by atoms with Gasteiger partial charge in [-0.05, 0) is 67.3 Å². The van der Waals surface area contributed by atoms with Gasteiger partial charge < -0.3 is 5.32 Å². The third-order valence-corrected chi connectivity index (χ3v) is 10.9. The number of carbonyl (C=O) groups is 1. The van der Waals surface area contributed by atoms with E-state index in [1.165, 1.54) is 16.4 Å². The Morgan fingerprint density at radius 3 is 2.00 bits per heavy atom. The smallest absolute Gasteiger partial charge is 0.243 e. The Morgan fingerprint density at radius 2 is 1.38 bits per heavy atom. The summed E-state index contributed by atoms with van der Waals surface area (Å²) >= 11 is 3.32. The molecule has 1 amide bonds. The van der Waals surface area contributed by atoms with Gasteiger partial charge in [0.1, 0.15) is 0 Å². The minimum Gasteiger partial charge on any atom is -0.351 e. The predicted octanol–water partition coefficient (Wildman–Crippen LogP) is 4.44. The fourth-order valence-corrected chi connectivity index (χ4v) is 7.49. The van der Waals surface area contributed by atoms with Crippen molar-refractivity contribution in [2.45, 2.75) is 49.1 Å². The molecule has 11 heteroatoms. The van der Waals surface area contributed by atoms with Crippen LogP contribution in [0.1, 0.15) is 36.0 Å². The van der Waals surface area contributed by atoms with Crippen LogP contribution in [0, 0.1) is 6.92 Å². The number of hydrogen-bond donors (Lipinski definition) is 1. The zero-order valence-corrected chi connectivity index (χ0v) is 24.9. The lowest BCUT2D eigenvalue weighted by Crippen LogP contribution is -2.40. The highest BCUT2D eigenvalue weighted by molar-refractivity contribution is 9.10. The number of nitrogens with zero attached hydrogens (tertiary/aromatic N) is 2. The summed E-state index contributed by atoms with van der Waals surface area (Å²) in [5, 5.41) is 2.77. The molecule has 0 atom stereocenters. The van der Waals surface area contributed by atoms with E-state index in [9.17, 15) is 21.6 Å². The summed E-state index contributed by atoms with van der Waals surface area (Å²) in [5.41, 5.74) is 2.52. The molecule has 1 N–H and O–H groups in total. The van der Waals surface area contributed by atoms with Gasteiger partial charge in [-0.15, -0.1) is 0 Å². The lowest BCUT2D eigenvalue weighted by molar-refractivity contribution is -0.121. The van der Waals surface area contributed by atoms with Crippen LogP contribution in [-0.4, -0.2) is 51.0 Å². The number of nitrogens with one attached hydrogen (secondary N) is 1. The van der Waals surface area contributed by atoms with Crippen molar-refractivity contribution in [3.63, 3.8) is 0 Å². The molecule has 0 unspecified atom stereocenters. The first-order valence-corrected chi connectivity index (χ1v) is 16.4. The highest BCUT2D eigenvalue weighted by Crippen LogP contribution is 2.22. The van der Waals surface area contributed by atoms with Crippen LogP contribution in [0.2, 0.25) is 0 Å². The van der Waals surface area contributed by atoms with Crippen molar-refractivity contribution in [3.8, 4) is 0 Å². The number of piperidine rings is 1. The highest BCUT2D eigenvalue weighted by Gasteiger charge is 2.28. The monoisotopic (exact) mass is 633 g/mol. The summed E-state index contributed by atoms with van der Waals surface area (Å²) in [4.78, 5) is 13.2. The van der Waals surface area contributed by atoms with E-state index in [-0.39, 0.29) is 29.4 Å². The fraction of sp³-hybridized carbons (Fsp3) is 0.321. The average Bonchev–Trinajstić information content (AvgIpc) is 2.93. The third kappa shape index (κ3) is 7.55. The molecule has 8 nitrogen and oxygen atoms in total. The molecule has 0 spiro atoms. The summed E-state index contributed by atoms with van der Waals surface area (Å²) in [6, 6.07) is 20.2. The molecule has 1 fully saturated rings. The Morgan fingerprint density at radius 1 is 0.821 bits per heavy atom. The van der Waals surface area contributed by atoms with Gasteiger partial charge in [0.15, 0.2) is 0 Å². The van der Waals surface area contributed by atoms with Gasteiger partial charge in [-0.3, -0.25) is 4.79 Å². The molecule has 0 radical (unpaired) electrons. The van der Waals surface area contributed by atoms with E-state index in [1.54, 1.807) is 36.4 Å². The average molecular weight is 635 g/mol. The Kier molecular flexibility index (Phi) is 9.60. The van der Waals surface area contributed by atoms with E-state index >= 15 is 0 Å². The number of amides is 1. The van der Waals surface area contributed by atoms with E-state index in [1.807, 2.05) is 31.2 Å². The second kappa shape index (κ2) is 12.7. The van der Waals surface area contributed by atoms with E-state index < -0.39 is 26.0 Å². The molecule has 3 aromatic rings. The van der Waals surface area contributed by atoms with Gasteiger partial charge in [-0.25, -0.2) is 16.8 Å². The van der Waals surface area contributed by atoms with Crippen molar-refractivity contribution in [2.75, 3.05) is 19.6 Å². The zero-order chi connectivity index (χ0) is 28.0. The van der Waals surface area contributed by atoms with Gasteiger partial charge in [0.05, 0.1) is 16.3 Å². The van der Waals surface area contributed by atoms with Gasteiger partial charge in [-0.1, -0.05) is 64.3 Å². The predicted molar refractivity (Wildman–Crippen MR) is 154 cm³/mol. The van der Waals surface area contributed by atoms with Crippen LogP contribution >= 0.6 is 15.9 Å². The second-order valence-corrected chi connectivity index (χ2v) is 14.4. The summed E-state index contributed by atoms with van der Waals surface area (Å²) in [6.07, 6.45) is 2.77. The van der Waals surface area contributed by atoms with Gasteiger partial charge in [0.2, 0.25) is 26.0 Å². The van der Waals surface area contributed by atoms with Crippen LogP contribution in [0.3, 0.4) is 0 Å². The maximum absolute atomic E-state index is 13.5. The van der Waals surface area contributed by atoms with Crippen LogP contribution in [0.4, 0.5) is 0 Å². The number of sulfonamides is 2. The maximum atomic E-state index is 13.5. The van der Waals surface area contributed by atoms with Crippen molar-refractivity contribution in [3.05, 3.63) is 94.0 Å². The first kappa shape index (κ1) is 29.4. The summed E-state index contributed by atoms with van der Waals surface area (Å²) in [5.74, 6) is -0.465. The largest absolute Gasteiger partial charge is 0.351 e. The Bertz CT molecular complexity index is 1490. The molecule has 0 bridgehead atoms. The highest BCUT2D eigenvalue weighted by atomic mass is 79.9. The summed E-state index contributed by atoms with van der Waals surface area (Å²) in [6.45, 7) is 2.82. The number of benzene rings is 3. The molecule has 0 aromatic heterocycles. The topological polar surface area (TPSA) is 104 Å². The first-order chi connectivity index (χ1) is 18.6. The van der Waals surface area contributed by atoms with Crippen molar-refractivity contribution in [1.82, 2.24) is 13.9 Å². The number of rotatable bonds is 10. The van der Waals surface area contributed by atoms with Crippen molar-refractivity contribution < 1.29 is 21.6 Å². The molecular weight excluding hydrogens is 602 g/mol. The molecule has 0 aliphatic carbocycles. The minimum atomic E-state index is -3.96. The zero-order valence-electron chi connectivity index (χ0n) is 21.7. The van der Waals surface area contributed by atoms with E-state index in [2.05, 4.69) is 21.2 Å². The molecule has 1 aliphatic rings. The lowest BCUT2D eigenvalue weighted by Gasteiger charge is -2.25. The first-order valence-electron chi connectivity index (χ1n) is 12.7. The van der Waals surface area contributed by atoms with Crippen molar-refractivity contribution in [1.29, 1.82) is 0 Å². The van der Waals surface area contributed by atoms with E-state index in [0.717, 1.165) is 39.2 Å². The molecule has 0 saturated carbocycles.